The van der Waals surface area contributed by atoms with Crippen LogP contribution in [-0.4, -0.2) is 10.2 Å². The minimum atomic E-state index is -0.344. The summed E-state index contributed by atoms with van der Waals surface area (Å²) in [7, 11) is 0. The Hall–Kier alpha value is -1.23. The van der Waals surface area contributed by atoms with Gasteiger partial charge in [-0.15, -0.1) is 10.2 Å². The highest BCUT2D eigenvalue weighted by molar-refractivity contribution is 9.10. The Morgan fingerprint density at radius 1 is 1.40 bits per heavy atom. The van der Waals surface area contributed by atoms with E-state index in [1.54, 1.807) is 12.1 Å². The maximum atomic E-state index is 13.2. The van der Waals surface area contributed by atoms with Crippen molar-refractivity contribution in [3.63, 3.8) is 0 Å². The molecule has 0 bridgehead atoms. The van der Waals surface area contributed by atoms with Gasteiger partial charge in [-0.05, 0) is 28.1 Å². The Labute approximate surface area is 94.5 Å². The Bertz CT molecular complexity index is 484. The smallest absolute Gasteiger partial charge is 0.248 e. The minimum Gasteiger partial charge on any atom is -0.421 e. The van der Waals surface area contributed by atoms with Crippen LogP contribution in [0.2, 0.25) is 0 Å². The molecule has 1 heterocycles. The Kier molecular flexibility index (Phi) is 2.81. The molecule has 2 aromatic rings. The molecular weight excluding hydrogens is 263 g/mol. The molecule has 3 nitrogen and oxygen atoms in total. The van der Waals surface area contributed by atoms with Crippen LogP contribution in [0.1, 0.15) is 12.8 Å². The van der Waals surface area contributed by atoms with E-state index in [-0.39, 0.29) is 5.82 Å². The summed E-state index contributed by atoms with van der Waals surface area (Å²) in [6, 6.07) is 4.69. The van der Waals surface area contributed by atoms with E-state index in [1.807, 2.05) is 6.92 Å². The first kappa shape index (κ1) is 10.3. The number of hydrogen-bond donors (Lipinski definition) is 0. The van der Waals surface area contributed by atoms with E-state index < -0.39 is 0 Å². The van der Waals surface area contributed by atoms with Crippen LogP contribution in [0.5, 0.6) is 0 Å². The van der Waals surface area contributed by atoms with Gasteiger partial charge in [-0.3, -0.25) is 0 Å². The van der Waals surface area contributed by atoms with Crippen LogP contribution < -0.4 is 0 Å². The number of halogens is 2. The van der Waals surface area contributed by atoms with Crippen LogP contribution in [0.15, 0.2) is 27.1 Å². The number of hydrogen-bond acceptors (Lipinski definition) is 3. The zero-order chi connectivity index (χ0) is 10.8. The zero-order valence-corrected chi connectivity index (χ0v) is 9.58. The van der Waals surface area contributed by atoms with Gasteiger partial charge in [0.05, 0.1) is 10.0 Å². The van der Waals surface area contributed by atoms with Gasteiger partial charge in [0.1, 0.15) is 5.82 Å². The molecule has 0 saturated carbocycles. The summed E-state index contributed by atoms with van der Waals surface area (Å²) in [6.45, 7) is 1.91. The zero-order valence-electron chi connectivity index (χ0n) is 8.00. The second kappa shape index (κ2) is 4.10. The molecule has 0 aliphatic heterocycles. The largest absolute Gasteiger partial charge is 0.421 e. The average Bonchev–Trinajstić information content (AvgIpc) is 2.70. The average molecular weight is 271 g/mol. The lowest BCUT2D eigenvalue weighted by atomic mass is 10.2. The van der Waals surface area contributed by atoms with Crippen LogP contribution in [0.4, 0.5) is 4.39 Å². The summed E-state index contributed by atoms with van der Waals surface area (Å²) in [5, 5.41) is 7.67. The highest BCUT2D eigenvalue weighted by Gasteiger charge is 2.13. The van der Waals surface area contributed by atoms with Gasteiger partial charge in [0, 0.05) is 6.42 Å². The molecule has 0 unspecified atom stereocenters. The van der Waals surface area contributed by atoms with Crippen molar-refractivity contribution < 1.29 is 8.81 Å². The maximum absolute atomic E-state index is 13.2. The van der Waals surface area contributed by atoms with Gasteiger partial charge in [-0.1, -0.05) is 13.0 Å². The van der Waals surface area contributed by atoms with E-state index in [1.165, 1.54) is 6.07 Å². The number of nitrogens with zero attached hydrogens (tertiary/aromatic N) is 2. The second-order valence-corrected chi connectivity index (χ2v) is 3.75. The van der Waals surface area contributed by atoms with E-state index in [9.17, 15) is 4.39 Å². The molecule has 2 rings (SSSR count). The van der Waals surface area contributed by atoms with Crippen molar-refractivity contribution in [1.29, 1.82) is 0 Å². The van der Waals surface area contributed by atoms with Crippen molar-refractivity contribution in [2.75, 3.05) is 0 Å². The maximum Gasteiger partial charge on any atom is 0.248 e. The van der Waals surface area contributed by atoms with Gasteiger partial charge >= 0.3 is 0 Å². The SMILES string of the molecule is CCc1nnc(-c2cccc(F)c2Br)o1. The van der Waals surface area contributed by atoms with Gasteiger partial charge in [0.25, 0.3) is 0 Å². The quantitative estimate of drug-likeness (QED) is 0.841. The molecule has 15 heavy (non-hydrogen) atoms. The number of rotatable bonds is 2. The lowest BCUT2D eigenvalue weighted by Crippen LogP contribution is -1.83. The second-order valence-electron chi connectivity index (χ2n) is 2.96. The predicted octanol–water partition coefficient (Wildman–Crippen LogP) is 3.20. The molecule has 5 heteroatoms. The van der Waals surface area contributed by atoms with Crippen molar-refractivity contribution in [3.8, 4) is 11.5 Å². The standard InChI is InChI=1S/C10H8BrFN2O/c1-2-8-13-14-10(15-8)6-4-3-5-7(12)9(6)11/h3-5H,2H2,1H3. The van der Waals surface area contributed by atoms with E-state index in [2.05, 4.69) is 26.1 Å². The minimum absolute atomic E-state index is 0.332. The third-order valence-corrected chi connectivity index (χ3v) is 2.76. The first-order valence-corrected chi connectivity index (χ1v) is 5.28. The molecule has 1 aromatic carbocycles. The summed E-state index contributed by atoms with van der Waals surface area (Å²) < 4.78 is 18.9. The number of benzene rings is 1. The van der Waals surface area contributed by atoms with E-state index in [4.69, 9.17) is 4.42 Å². The summed E-state index contributed by atoms with van der Waals surface area (Å²) in [5.74, 6) is 0.531. The normalized spacial score (nSPS) is 10.6. The van der Waals surface area contributed by atoms with Crippen molar-refractivity contribution >= 4 is 15.9 Å². The van der Waals surface area contributed by atoms with Crippen molar-refractivity contribution in [3.05, 3.63) is 34.4 Å². The highest BCUT2D eigenvalue weighted by atomic mass is 79.9. The van der Waals surface area contributed by atoms with Crippen molar-refractivity contribution in [2.24, 2.45) is 0 Å². The van der Waals surface area contributed by atoms with E-state index >= 15 is 0 Å². The fourth-order valence-corrected chi connectivity index (χ4v) is 1.61. The Morgan fingerprint density at radius 2 is 2.20 bits per heavy atom. The van der Waals surface area contributed by atoms with Crippen LogP contribution >= 0.6 is 15.9 Å². The highest BCUT2D eigenvalue weighted by Crippen LogP contribution is 2.29. The first-order chi connectivity index (χ1) is 7.22. The molecule has 0 N–H and O–H groups in total. The van der Waals surface area contributed by atoms with Crippen molar-refractivity contribution in [2.45, 2.75) is 13.3 Å². The third kappa shape index (κ3) is 1.92. The monoisotopic (exact) mass is 270 g/mol. The molecule has 0 saturated heterocycles. The molecule has 1 aromatic heterocycles. The molecular formula is C10H8BrFN2O. The van der Waals surface area contributed by atoms with Gasteiger partial charge in [0.2, 0.25) is 11.8 Å². The predicted molar refractivity (Wildman–Crippen MR) is 56.8 cm³/mol. The molecule has 0 radical (unpaired) electrons. The van der Waals surface area contributed by atoms with Crippen molar-refractivity contribution in [1.82, 2.24) is 10.2 Å². The molecule has 0 aliphatic rings. The number of aromatic nitrogens is 2. The van der Waals surface area contributed by atoms with Crippen LogP contribution in [0.3, 0.4) is 0 Å². The Balaban J connectivity index is 2.49. The summed E-state index contributed by atoms with van der Waals surface area (Å²) >= 11 is 3.15. The molecule has 0 amide bonds. The summed E-state index contributed by atoms with van der Waals surface area (Å²) in [6.07, 6.45) is 0.667. The molecule has 0 fully saturated rings. The third-order valence-electron chi connectivity index (χ3n) is 1.95. The molecule has 78 valence electrons. The fraction of sp³-hybridized carbons (Fsp3) is 0.200. The van der Waals surface area contributed by atoms with Crippen LogP contribution in [-0.2, 0) is 6.42 Å². The molecule has 0 aliphatic carbocycles. The fourth-order valence-electron chi connectivity index (χ4n) is 1.17. The molecule has 0 atom stereocenters. The topological polar surface area (TPSA) is 38.9 Å². The molecule has 0 spiro atoms. The summed E-state index contributed by atoms with van der Waals surface area (Å²) in [4.78, 5) is 0. The lowest BCUT2D eigenvalue weighted by Gasteiger charge is -1.99. The Morgan fingerprint density at radius 3 is 2.87 bits per heavy atom. The van der Waals surface area contributed by atoms with Gasteiger partial charge < -0.3 is 4.42 Å². The van der Waals surface area contributed by atoms with E-state index in [0.29, 0.717) is 28.2 Å². The van der Waals surface area contributed by atoms with Gasteiger partial charge in [-0.2, -0.15) is 0 Å². The number of aryl methyl sites for hydroxylation is 1. The first-order valence-electron chi connectivity index (χ1n) is 4.49. The summed E-state index contributed by atoms with van der Waals surface area (Å²) in [5.41, 5.74) is 0.571. The van der Waals surface area contributed by atoms with Crippen LogP contribution in [0, 0.1) is 5.82 Å². The van der Waals surface area contributed by atoms with Crippen LogP contribution in [0.25, 0.3) is 11.5 Å². The van der Waals surface area contributed by atoms with Gasteiger partial charge in [-0.25, -0.2) is 4.39 Å². The lowest BCUT2D eigenvalue weighted by molar-refractivity contribution is 0.511. The van der Waals surface area contributed by atoms with Gasteiger partial charge in [0.15, 0.2) is 0 Å². The van der Waals surface area contributed by atoms with E-state index in [0.717, 1.165) is 0 Å².